The van der Waals surface area contributed by atoms with Gasteiger partial charge in [0.25, 0.3) is 0 Å². The van der Waals surface area contributed by atoms with E-state index in [1.807, 2.05) is 31.2 Å². The normalized spacial score (nSPS) is 11.6. The van der Waals surface area contributed by atoms with Crippen molar-refractivity contribution in [2.24, 2.45) is 5.92 Å². The van der Waals surface area contributed by atoms with E-state index < -0.39 is 0 Å². The Morgan fingerprint density at radius 1 is 1.25 bits per heavy atom. The largest absolute Gasteiger partial charge is 0.412 e. The number of pyridine rings is 1. The molecule has 104 valence electrons. The van der Waals surface area contributed by atoms with Gasteiger partial charge in [-0.15, -0.1) is 0 Å². The first-order chi connectivity index (χ1) is 9.58. The van der Waals surface area contributed by atoms with E-state index in [2.05, 4.69) is 23.8 Å². The number of anilines is 1. The summed E-state index contributed by atoms with van der Waals surface area (Å²) in [7, 11) is 0. The summed E-state index contributed by atoms with van der Waals surface area (Å²) in [5.74, 6) is 1.66. The molecular weight excluding hydrogens is 252 g/mol. The smallest absolute Gasteiger partial charge is 0.152 e. The summed E-state index contributed by atoms with van der Waals surface area (Å²) in [5.41, 5.74) is 8.47. The molecule has 2 aromatic heterocycles. The molecule has 0 fully saturated rings. The van der Waals surface area contributed by atoms with Crippen LogP contribution < -0.4 is 10.6 Å². The molecule has 0 radical (unpaired) electrons. The number of hydrogen-bond donors (Lipinski definition) is 1. The highest BCUT2D eigenvalue weighted by atomic mass is 16.7. The van der Waals surface area contributed by atoms with Crippen molar-refractivity contribution in [1.29, 1.82) is 0 Å². The lowest BCUT2D eigenvalue weighted by molar-refractivity contribution is 0.0930. The summed E-state index contributed by atoms with van der Waals surface area (Å²) >= 11 is 0. The van der Waals surface area contributed by atoms with Gasteiger partial charge in [0.05, 0.1) is 5.52 Å². The zero-order chi connectivity index (χ0) is 14.3. The van der Waals surface area contributed by atoms with Crippen LogP contribution in [-0.2, 0) is 0 Å². The molecule has 0 bridgehead atoms. The van der Waals surface area contributed by atoms with E-state index >= 15 is 0 Å². The highest BCUT2D eigenvalue weighted by molar-refractivity contribution is 6.06. The van der Waals surface area contributed by atoms with E-state index in [1.165, 1.54) is 0 Å². The van der Waals surface area contributed by atoms with Crippen LogP contribution in [0.5, 0.6) is 0 Å². The van der Waals surface area contributed by atoms with Crippen LogP contribution in [0.25, 0.3) is 21.9 Å². The third kappa shape index (κ3) is 1.95. The molecule has 0 saturated carbocycles. The Kier molecular flexibility index (Phi) is 2.97. The zero-order valence-corrected chi connectivity index (χ0v) is 11.9. The number of nitrogens with zero attached hydrogens (tertiary/aromatic N) is 3. The Morgan fingerprint density at radius 3 is 2.75 bits per heavy atom. The summed E-state index contributed by atoms with van der Waals surface area (Å²) in [6.45, 7) is 6.77. The van der Waals surface area contributed by atoms with Gasteiger partial charge in [-0.05, 0) is 18.9 Å². The highest BCUT2D eigenvalue weighted by Crippen LogP contribution is 2.27. The number of nitrogens with two attached hydrogens (primary N) is 1. The van der Waals surface area contributed by atoms with Gasteiger partial charge in [-0.25, -0.2) is 9.97 Å². The third-order valence-electron chi connectivity index (χ3n) is 3.17. The first-order valence-corrected chi connectivity index (χ1v) is 6.74. The minimum atomic E-state index is 0.439. The molecule has 0 spiro atoms. The number of rotatable bonds is 3. The molecule has 0 unspecified atom stereocenters. The lowest BCUT2D eigenvalue weighted by Gasteiger charge is -2.12. The lowest BCUT2D eigenvalue weighted by atomic mass is 10.2. The van der Waals surface area contributed by atoms with Crippen molar-refractivity contribution in [1.82, 2.24) is 14.7 Å². The first-order valence-electron chi connectivity index (χ1n) is 6.74. The SMILES string of the molecule is Cc1nc2c(N)nc3ccccc3c2n1OCC(C)C. The number of benzene rings is 1. The van der Waals surface area contributed by atoms with Crippen LogP contribution in [0.2, 0.25) is 0 Å². The quantitative estimate of drug-likeness (QED) is 0.794. The van der Waals surface area contributed by atoms with Crippen LogP contribution in [0.4, 0.5) is 5.82 Å². The van der Waals surface area contributed by atoms with E-state index in [9.17, 15) is 0 Å². The first kappa shape index (κ1) is 12.7. The van der Waals surface area contributed by atoms with Gasteiger partial charge >= 0.3 is 0 Å². The molecule has 0 atom stereocenters. The summed E-state index contributed by atoms with van der Waals surface area (Å²) in [6.07, 6.45) is 0. The van der Waals surface area contributed by atoms with Crippen LogP contribution in [0.1, 0.15) is 19.7 Å². The Balaban J connectivity index is 2.30. The fourth-order valence-corrected chi connectivity index (χ4v) is 2.27. The van der Waals surface area contributed by atoms with E-state index in [0.29, 0.717) is 23.9 Å². The van der Waals surface area contributed by atoms with Crippen molar-refractivity contribution in [3.8, 4) is 0 Å². The predicted molar refractivity (Wildman–Crippen MR) is 80.5 cm³/mol. The maximum atomic E-state index is 6.02. The van der Waals surface area contributed by atoms with Crippen molar-refractivity contribution in [2.75, 3.05) is 12.3 Å². The molecule has 5 nitrogen and oxygen atoms in total. The molecule has 1 aromatic carbocycles. The van der Waals surface area contributed by atoms with E-state index in [4.69, 9.17) is 10.6 Å². The molecule has 3 rings (SSSR count). The molecular formula is C15H18N4O. The van der Waals surface area contributed by atoms with Gasteiger partial charge < -0.3 is 10.6 Å². The van der Waals surface area contributed by atoms with Crippen molar-refractivity contribution < 1.29 is 4.84 Å². The van der Waals surface area contributed by atoms with Crippen molar-refractivity contribution in [2.45, 2.75) is 20.8 Å². The van der Waals surface area contributed by atoms with Crippen LogP contribution in [0, 0.1) is 12.8 Å². The number of fused-ring (bicyclic) bond motifs is 3. The molecule has 0 saturated heterocycles. The monoisotopic (exact) mass is 270 g/mol. The Labute approximate surface area is 117 Å². The van der Waals surface area contributed by atoms with E-state index in [0.717, 1.165) is 22.2 Å². The van der Waals surface area contributed by atoms with Gasteiger partial charge in [0.15, 0.2) is 5.82 Å². The standard InChI is InChI=1S/C15H18N4O/c1-9(2)8-20-19-10(3)17-13-14(19)11-6-4-5-7-12(11)18-15(13)16/h4-7,9H,8H2,1-3H3,(H2,16,18). The molecule has 0 aliphatic heterocycles. The average Bonchev–Trinajstić information content (AvgIpc) is 2.74. The summed E-state index contributed by atoms with van der Waals surface area (Å²) < 4.78 is 1.77. The van der Waals surface area contributed by atoms with Gasteiger partial charge in [0.2, 0.25) is 0 Å². The molecule has 0 aliphatic carbocycles. The molecule has 2 N–H and O–H groups in total. The Bertz CT molecular complexity index is 776. The van der Waals surface area contributed by atoms with Gasteiger partial charge in [0, 0.05) is 5.39 Å². The molecule has 0 aliphatic rings. The number of aromatic nitrogens is 3. The van der Waals surface area contributed by atoms with Crippen LogP contribution >= 0.6 is 0 Å². The predicted octanol–water partition coefficient (Wildman–Crippen LogP) is 2.56. The van der Waals surface area contributed by atoms with Crippen LogP contribution in [-0.4, -0.2) is 21.3 Å². The second-order valence-corrected chi connectivity index (χ2v) is 5.35. The van der Waals surface area contributed by atoms with E-state index in [1.54, 1.807) is 4.73 Å². The minimum absolute atomic E-state index is 0.439. The summed E-state index contributed by atoms with van der Waals surface area (Å²) in [6, 6.07) is 7.89. The van der Waals surface area contributed by atoms with Gasteiger partial charge in [0.1, 0.15) is 23.5 Å². The molecule has 3 aromatic rings. The Hall–Kier alpha value is -2.30. The van der Waals surface area contributed by atoms with Crippen molar-refractivity contribution >= 4 is 27.8 Å². The second kappa shape index (κ2) is 4.67. The van der Waals surface area contributed by atoms with Crippen LogP contribution in [0.15, 0.2) is 24.3 Å². The van der Waals surface area contributed by atoms with Crippen LogP contribution in [0.3, 0.4) is 0 Å². The number of para-hydroxylation sites is 1. The second-order valence-electron chi connectivity index (χ2n) is 5.35. The maximum absolute atomic E-state index is 6.02. The van der Waals surface area contributed by atoms with Crippen molar-refractivity contribution in [3.05, 3.63) is 30.1 Å². The lowest BCUT2D eigenvalue weighted by Crippen LogP contribution is -2.18. The van der Waals surface area contributed by atoms with Crippen molar-refractivity contribution in [3.63, 3.8) is 0 Å². The number of aryl methyl sites for hydroxylation is 1. The topological polar surface area (TPSA) is 66.0 Å². The maximum Gasteiger partial charge on any atom is 0.152 e. The number of hydrogen-bond acceptors (Lipinski definition) is 4. The zero-order valence-electron chi connectivity index (χ0n) is 11.9. The van der Waals surface area contributed by atoms with Gasteiger partial charge in [-0.2, -0.15) is 4.73 Å². The fourth-order valence-electron chi connectivity index (χ4n) is 2.27. The summed E-state index contributed by atoms with van der Waals surface area (Å²) in [5, 5.41) is 1.00. The summed E-state index contributed by atoms with van der Waals surface area (Å²) in [4.78, 5) is 14.8. The molecule has 0 amide bonds. The minimum Gasteiger partial charge on any atom is -0.412 e. The van der Waals surface area contributed by atoms with E-state index in [-0.39, 0.29) is 0 Å². The Morgan fingerprint density at radius 2 is 2.00 bits per heavy atom. The number of imidazole rings is 1. The average molecular weight is 270 g/mol. The number of nitrogen functional groups attached to an aromatic ring is 1. The van der Waals surface area contributed by atoms with Gasteiger partial charge in [-0.3, -0.25) is 0 Å². The fraction of sp³-hybridized carbons (Fsp3) is 0.333. The highest BCUT2D eigenvalue weighted by Gasteiger charge is 2.16. The molecule has 5 heteroatoms. The molecule has 20 heavy (non-hydrogen) atoms. The van der Waals surface area contributed by atoms with Gasteiger partial charge in [-0.1, -0.05) is 32.0 Å². The molecule has 2 heterocycles. The third-order valence-corrected chi connectivity index (χ3v) is 3.17.